The number of aryl methyl sites for hydroxylation is 1. The van der Waals surface area contributed by atoms with Crippen LogP contribution in [0, 0.1) is 0 Å². The normalized spacial score (nSPS) is 20.6. The number of nitrogens with zero attached hydrogens (tertiary/aromatic N) is 2. The zero-order valence-electron chi connectivity index (χ0n) is 14.7. The Morgan fingerprint density at radius 2 is 2.04 bits per heavy atom. The molecule has 0 aromatic heterocycles. The van der Waals surface area contributed by atoms with Crippen molar-refractivity contribution < 1.29 is 19.4 Å². The Morgan fingerprint density at radius 1 is 1.32 bits per heavy atom. The number of fused-ring (bicyclic) bond motifs is 1. The molecule has 3 rings (SSSR count). The number of carbonyl (C=O) groups is 2. The van der Waals surface area contributed by atoms with Crippen LogP contribution in [0.2, 0.25) is 0 Å². The highest BCUT2D eigenvalue weighted by molar-refractivity contribution is 5.98. The topological polar surface area (TPSA) is 82.1 Å². The van der Waals surface area contributed by atoms with Gasteiger partial charge in [-0.2, -0.15) is 0 Å². The molecule has 2 aliphatic heterocycles. The monoisotopic (exact) mass is 347 g/mol. The van der Waals surface area contributed by atoms with Gasteiger partial charge in [0.2, 0.25) is 0 Å². The average molecular weight is 347 g/mol. The van der Waals surface area contributed by atoms with Crippen LogP contribution >= 0.6 is 0 Å². The van der Waals surface area contributed by atoms with E-state index in [0.717, 1.165) is 42.0 Å². The minimum atomic E-state index is -0.854. The molecule has 1 atom stereocenters. The highest BCUT2D eigenvalue weighted by Crippen LogP contribution is 2.36. The summed E-state index contributed by atoms with van der Waals surface area (Å²) in [7, 11) is 0. The molecule has 1 saturated heterocycles. The van der Waals surface area contributed by atoms with Crippen molar-refractivity contribution >= 4 is 17.7 Å². The molecule has 1 aromatic carbocycles. The molecule has 7 heteroatoms. The van der Waals surface area contributed by atoms with Crippen LogP contribution in [0.5, 0.6) is 5.75 Å². The fraction of sp³-hybridized carbons (Fsp3) is 0.556. The van der Waals surface area contributed by atoms with Crippen molar-refractivity contribution in [2.75, 3.05) is 31.5 Å². The van der Waals surface area contributed by atoms with Gasteiger partial charge in [0.05, 0.1) is 5.69 Å². The summed E-state index contributed by atoms with van der Waals surface area (Å²) in [5.74, 6) is 0.663. The van der Waals surface area contributed by atoms with Gasteiger partial charge in [-0.05, 0) is 30.5 Å². The van der Waals surface area contributed by atoms with E-state index in [1.807, 2.05) is 6.07 Å². The number of benzene rings is 1. The molecule has 2 heterocycles. The van der Waals surface area contributed by atoms with E-state index in [2.05, 4.69) is 23.2 Å². The van der Waals surface area contributed by atoms with Crippen molar-refractivity contribution in [3.8, 4) is 5.75 Å². The minimum Gasteiger partial charge on any atom is -0.478 e. The van der Waals surface area contributed by atoms with E-state index >= 15 is 0 Å². The van der Waals surface area contributed by atoms with Crippen molar-refractivity contribution in [3.63, 3.8) is 0 Å². The number of amides is 2. The summed E-state index contributed by atoms with van der Waals surface area (Å²) in [6, 6.07) is 4.12. The first-order valence-corrected chi connectivity index (χ1v) is 8.81. The van der Waals surface area contributed by atoms with E-state index in [1.54, 1.807) is 6.92 Å². The van der Waals surface area contributed by atoms with Crippen LogP contribution in [0.15, 0.2) is 12.1 Å². The predicted octanol–water partition coefficient (Wildman–Crippen LogP) is 2.15. The maximum absolute atomic E-state index is 11.9. The minimum absolute atomic E-state index is 0.123. The van der Waals surface area contributed by atoms with E-state index in [0.29, 0.717) is 26.2 Å². The number of rotatable bonds is 4. The number of hydrogen-bond acceptors (Lipinski definition) is 4. The Labute approximate surface area is 147 Å². The number of ether oxygens (including phenoxy) is 1. The van der Waals surface area contributed by atoms with Crippen LogP contribution in [0.3, 0.4) is 0 Å². The van der Waals surface area contributed by atoms with Gasteiger partial charge in [-0.15, -0.1) is 0 Å². The van der Waals surface area contributed by atoms with Gasteiger partial charge < -0.3 is 20.1 Å². The SMILES string of the molecule is CCCc1cc(CN2CCN(C(=O)O)CC2)cc2c1OC(C)C(=O)N2. The third-order valence-electron chi connectivity index (χ3n) is 4.72. The lowest BCUT2D eigenvalue weighted by Crippen LogP contribution is -2.47. The standard InChI is InChI=1S/C18H25N3O4/c1-3-4-14-9-13(10-15-16(14)25-12(2)17(22)19-15)11-20-5-7-21(8-6-20)18(23)24/h9-10,12H,3-8,11H2,1-2H3,(H,19,22)(H,23,24). The molecule has 2 amide bonds. The molecule has 0 saturated carbocycles. The zero-order chi connectivity index (χ0) is 18.0. The van der Waals surface area contributed by atoms with Crippen molar-refractivity contribution in [2.24, 2.45) is 0 Å². The van der Waals surface area contributed by atoms with Crippen LogP contribution in [-0.2, 0) is 17.8 Å². The van der Waals surface area contributed by atoms with E-state index in [4.69, 9.17) is 9.84 Å². The van der Waals surface area contributed by atoms with Crippen molar-refractivity contribution in [1.82, 2.24) is 9.80 Å². The molecule has 0 bridgehead atoms. The molecule has 1 fully saturated rings. The third-order valence-corrected chi connectivity index (χ3v) is 4.72. The second-order valence-electron chi connectivity index (χ2n) is 6.68. The van der Waals surface area contributed by atoms with Crippen LogP contribution in [0.25, 0.3) is 0 Å². The molecular formula is C18H25N3O4. The van der Waals surface area contributed by atoms with Crippen LogP contribution in [-0.4, -0.2) is 59.2 Å². The van der Waals surface area contributed by atoms with Crippen molar-refractivity contribution in [2.45, 2.75) is 39.3 Å². The summed E-state index contributed by atoms with van der Waals surface area (Å²) in [6.45, 7) is 7.10. The van der Waals surface area contributed by atoms with E-state index in [9.17, 15) is 9.59 Å². The zero-order valence-corrected chi connectivity index (χ0v) is 14.7. The van der Waals surface area contributed by atoms with Gasteiger partial charge >= 0.3 is 6.09 Å². The molecule has 0 aliphatic carbocycles. The Morgan fingerprint density at radius 3 is 2.68 bits per heavy atom. The predicted molar refractivity (Wildman–Crippen MR) is 94.0 cm³/mol. The molecule has 136 valence electrons. The fourth-order valence-corrected chi connectivity index (χ4v) is 3.35. The van der Waals surface area contributed by atoms with Gasteiger partial charge in [0.15, 0.2) is 6.10 Å². The number of anilines is 1. The second-order valence-corrected chi connectivity index (χ2v) is 6.68. The van der Waals surface area contributed by atoms with Crippen molar-refractivity contribution in [1.29, 1.82) is 0 Å². The summed E-state index contributed by atoms with van der Waals surface area (Å²) in [6.07, 6.45) is 0.565. The van der Waals surface area contributed by atoms with Gasteiger partial charge in [0.1, 0.15) is 5.75 Å². The molecule has 0 radical (unpaired) electrons. The molecular weight excluding hydrogens is 322 g/mol. The highest BCUT2D eigenvalue weighted by Gasteiger charge is 2.27. The number of hydrogen-bond donors (Lipinski definition) is 2. The van der Waals surface area contributed by atoms with Crippen LogP contribution in [0.4, 0.5) is 10.5 Å². The Hall–Kier alpha value is -2.28. The maximum Gasteiger partial charge on any atom is 0.407 e. The van der Waals surface area contributed by atoms with E-state index in [1.165, 1.54) is 4.90 Å². The van der Waals surface area contributed by atoms with Gasteiger partial charge in [0, 0.05) is 32.7 Å². The Kier molecular flexibility index (Phi) is 5.13. The van der Waals surface area contributed by atoms with Gasteiger partial charge in [-0.1, -0.05) is 19.4 Å². The molecule has 25 heavy (non-hydrogen) atoms. The maximum atomic E-state index is 11.9. The molecule has 1 aromatic rings. The molecule has 7 nitrogen and oxygen atoms in total. The quantitative estimate of drug-likeness (QED) is 0.872. The Balaban J connectivity index is 1.76. The largest absolute Gasteiger partial charge is 0.478 e. The summed E-state index contributed by atoms with van der Waals surface area (Å²) in [4.78, 5) is 26.6. The van der Waals surface area contributed by atoms with Gasteiger partial charge in [0.25, 0.3) is 5.91 Å². The first-order chi connectivity index (χ1) is 12.0. The lowest BCUT2D eigenvalue weighted by molar-refractivity contribution is -0.122. The fourth-order valence-electron chi connectivity index (χ4n) is 3.35. The van der Waals surface area contributed by atoms with Crippen molar-refractivity contribution in [3.05, 3.63) is 23.3 Å². The molecule has 2 N–H and O–H groups in total. The van der Waals surface area contributed by atoms with Gasteiger partial charge in [-0.25, -0.2) is 4.79 Å². The smallest absolute Gasteiger partial charge is 0.407 e. The number of carbonyl (C=O) groups excluding carboxylic acids is 1. The summed E-state index contributed by atoms with van der Waals surface area (Å²) >= 11 is 0. The number of nitrogens with one attached hydrogen (secondary N) is 1. The summed E-state index contributed by atoms with van der Waals surface area (Å²) in [5, 5.41) is 12.0. The number of piperazine rings is 1. The summed E-state index contributed by atoms with van der Waals surface area (Å²) in [5.41, 5.74) is 2.98. The molecule has 1 unspecified atom stereocenters. The first-order valence-electron chi connectivity index (χ1n) is 8.81. The van der Waals surface area contributed by atoms with E-state index < -0.39 is 12.2 Å². The Bertz CT molecular complexity index is 669. The summed E-state index contributed by atoms with van der Waals surface area (Å²) < 4.78 is 5.82. The van der Waals surface area contributed by atoms with Crippen LogP contribution < -0.4 is 10.1 Å². The highest BCUT2D eigenvalue weighted by atomic mass is 16.5. The lowest BCUT2D eigenvalue weighted by atomic mass is 10.0. The van der Waals surface area contributed by atoms with Gasteiger partial charge in [-0.3, -0.25) is 9.69 Å². The molecule has 0 spiro atoms. The molecule has 2 aliphatic rings. The van der Waals surface area contributed by atoms with Crippen LogP contribution in [0.1, 0.15) is 31.4 Å². The average Bonchev–Trinajstić information content (AvgIpc) is 2.57. The second kappa shape index (κ2) is 7.31. The third kappa shape index (κ3) is 3.87. The lowest BCUT2D eigenvalue weighted by Gasteiger charge is -2.33. The van der Waals surface area contributed by atoms with E-state index in [-0.39, 0.29) is 5.91 Å². The first kappa shape index (κ1) is 17.5. The number of carboxylic acid groups (broad SMARTS) is 1.